The third-order valence-corrected chi connectivity index (χ3v) is 4.11. The fourth-order valence-electron chi connectivity index (χ4n) is 2.80. The Morgan fingerprint density at radius 1 is 1.37 bits per heavy atom. The maximum atomic E-state index is 10.2. The number of rotatable bonds is 6. The molecule has 3 nitrogen and oxygen atoms in total. The highest BCUT2D eigenvalue weighted by atomic mass is 16.5. The first kappa shape index (κ1) is 14.4. The molecule has 2 atom stereocenters. The minimum Gasteiger partial charge on any atom is -0.493 e. The molecule has 0 aliphatic carbocycles. The summed E-state index contributed by atoms with van der Waals surface area (Å²) in [6, 6.07) is 6.36. The molecular formula is C16H25NO2. The van der Waals surface area contributed by atoms with Gasteiger partial charge in [0.15, 0.2) is 0 Å². The first-order chi connectivity index (χ1) is 9.11. The first-order valence-corrected chi connectivity index (χ1v) is 7.24. The fraction of sp³-hybridized carbons (Fsp3) is 0.625. The van der Waals surface area contributed by atoms with Gasteiger partial charge in [-0.05, 0) is 48.4 Å². The van der Waals surface area contributed by atoms with Crippen molar-refractivity contribution in [2.75, 3.05) is 13.2 Å². The highest BCUT2D eigenvalue weighted by molar-refractivity contribution is 5.39. The van der Waals surface area contributed by atoms with Crippen LogP contribution in [0, 0.1) is 11.8 Å². The molecule has 1 aromatic rings. The number of hydrogen-bond acceptors (Lipinski definition) is 3. The van der Waals surface area contributed by atoms with Gasteiger partial charge in [0.1, 0.15) is 5.75 Å². The molecule has 19 heavy (non-hydrogen) atoms. The lowest BCUT2D eigenvalue weighted by Gasteiger charge is -2.25. The molecule has 0 saturated carbocycles. The summed E-state index contributed by atoms with van der Waals surface area (Å²) in [5, 5.41) is 10.2. The second-order valence-corrected chi connectivity index (χ2v) is 5.79. The van der Waals surface area contributed by atoms with Crippen molar-refractivity contribution >= 4 is 0 Å². The molecule has 3 N–H and O–H groups in total. The fourth-order valence-corrected chi connectivity index (χ4v) is 2.80. The third kappa shape index (κ3) is 3.48. The highest BCUT2D eigenvalue weighted by Crippen LogP contribution is 2.27. The molecule has 2 unspecified atom stereocenters. The van der Waals surface area contributed by atoms with Gasteiger partial charge in [0.25, 0.3) is 0 Å². The SMILES string of the molecule is CC(C)C(CN)C(O)CCc1ccc2c(c1)CCO2. The average molecular weight is 263 g/mol. The van der Waals surface area contributed by atoms with Crippen LogP contribution in [0.1, 0.15) is 31.4 Å². The molecule has 0 radical (unpaired) electrons. The number of aliphatic hydroxyl groups is 1. The molecule has 0 fully saturated rings. The average Bonchev–Trinajstić information content (AvgIpc) is 2.84. The number of benzene rings is 1. The molecule has 1 aliphatic rings. The number of ether oxygens (including phenoxy) is 1. The van der Waals surface area contributed by atoms with Crippen LogP contribution in [-0.4, -0.2) is 24.4 Å². The van der Waals surface area contributed by atoms with Crippen molar-refractivity contribution in [3.63, 3.8) is 0 Å². The second-order valence-electron chi connectivity index (χ2n) is 5.79. The number of aliphatic hydroxyl groups excluding tert-OH is 1. The predicted octanol–water partition coefficient (Wildman–Crippen LogP) is 2.15. The molecule has 0 aromatic heterocycles. The van der Waals surface area contributed by atoms with E-state index in [2.05, 4.69) is 26.0 Å². The van der Waals surface area contributed by atoms with Gasteiger partial charge in [0.05, 0.1) is 12.7 Å². The summed E-state index contributed by atoms with van der Waals surface area (Å²) in [5.74, 6) is 1.64. The molecule has 0 spiro atoms. The van der Waals surface area contributed by atoms with E-state index < -0.39 is 0 Å². The molecule has 1 aromatic carbocycles. The number of fused-ring (bicyclic) bond motifs is 1. The van der Waals surface area contributed by atoms with E-state index in [-0.39, 0.29) is 12.0 Å². The van der Waals surface area contributed by atoms with Gasteiger partial charge in [0.2, 0.25) is 0 Å². The molecule has 0 bridgehead atoms. The van der Waals surface area contributed by atoms with Crippen molar-refractivity contribution in [3.8, 4) is 5.75 Å². The molecule has 0 saturated heterocycles. The molecule has 2 rings (SSSR count). The van der Waals surface area contributed by atoms with Crippen LogP contribution in [0.2, 0.25) is 0 Å². The van der Waals surface area contributed by atoms with Crippen LogP contribution in [0.4, 0.5) is 0 Å². The van der Waals surface area contributed by atoms with Crippen molar-refractivity contribution in [2.24, 2.45) is 17.6 Å². The van der Waals surface area contributed by atoms with Gasteiger partial charge in [0, 0.05) is 6.42 Å². The minimum atomic E-state index is -0.311. The van der Waals surface area contributed by atoms with E-state index in [1.807, 2.05) is 6.07 Å². The van der Waals surface area contributed by atoms with E-state index in [0.29, 0.717) is 12.5 Å². The molecule has 1 aliphatic heterocycles. The van der Waals surface area contributed by atoms with Crippen LogP contribution < -0.4 is 10.5 Å². The van der Waals surface area contributed by atoms with Crippen LogP contribution in [-0.2, 0) is 12.8 Å². The Morgan fingerprint density at radius 3 is 2.84 bits per heavy atom. The van der Waals surface area contributed by atoms with E-state index in [1.54, 1.807) is 0 Å². The zero-order valence-corrected chi connectivity index (χ0v) is 11.9. The maximum absolute atomic E-state index is 10.2. The lowest BCUT2D eigenvalue weighted by Crippen LogP contribution is -2.32. The van der Waals surface area contributed by atoms with Gasteiger partial charge in [-0.15, -0.1) is 0 Å². The maximum Gasteiger partial charge on any atom is 0.122 e. The number of hydrogen-bond donors (Lipinski definition) is 2. The Morgan fingerprint density at radius 2 is 2.16 bits per heavy atom. The highest BCUT2D eigenvalue weighted by Gasteiger charge is 2.21. The van der Waals surface area contributed by atoms with Crippen LogP contribution in [0.25, 0.3) is 0 Å². The van der Waals surface area contributed by atoms with Crippen LogP contribution in [0.15, 0.2) is 18.2 Å². The van der Waals surface area contributed by atoms with Crippen molar-refractivity contribution < 1.29 is 9.84 Å². The monoisotopic (exact) mass is 263 g/mol. The summed E-state index contributed by atoms with van der Waals surface area (Å²) < 4.78 is 5.50. The van der Waals surface area contributed by atoms with E-state index in [4.69, 9.17) is 10.5 Å². The lowest BCUT2D eigenvalue weighted by atomic mass is 9.87. The topological polar surface area (TPSA) is 55.5 Å². The summed E-state index contributed by atoms with van der Waals surface area (Å²) in [6.45, 7) is 5.59. The summed E-state index contributed by atoms with van der Waals surface area (Å²) in [5.41, 5.74) is 8.32. The van der Waals surface area contributed by atoms with Crippen molar-refractivity contribution in [2.45, 2.75) is 39.2 Å². The minimum absolute atomic E-state index is 0.192. The first-order valence-electron chi connectivity index (χ1n) is 7.24. The zero-order chi connectivity index (χ0) is 13.8. The van der Waals surface area contributed by atoms with E-state index in [0.717, 1.165) is 31.6 Å². The van der Waals surface area contributed by atoms with E-state index >= 15 is 0 Å². The predicted molar refractivity (Wildman–Crippen MR) is 77.4 cm³/mol. The van der Waals surface area contributed by atoms with Crippen molar-refractivity contribution in [1.82, 2.24) is 0 Å². The van der Waals surface area contributed by atoms with Crippen molar-refractivity contribution in [3.05, 3.63) is 29.3 Å². The Labute approximate surface area is 115 Å². The summed E-state index contributed by atoms with van der Waals surface area (Å²) in [4.78, 5) is 0. The Kier molecular flexibility index (Phi) is 4.83. The van der Waals surface area contributed by atoms with Gasteiger partial charge in [-0.1, -0.05) is 26.0 Å². The molecule has 3 heteroatoms. The number of nitrogens with two attached hydrogens (primary N) is 1. The summed E-state index contributed by atoms with van der Waals surface area (Å²) >= 11 is 0. The standard InChI is InChI=1S/C16H25NO2/c1-11(2)14(10-17)15(18)5-3-12-4-6-16-13(9-12)7-8-19-16/h4,6,9,11,14-15,18H,3,5,7-8,10,17H2,1-2H3. The van der Waals surface area contributed by atoms with Gasteiger partial charge < -0.3 is 15.6 Å². The summed E-state index contributed by atoms with van der Waals surface area (Å²) in [6.07, 6.45) is 2.37. The van der Waals surface area contributed by atoms with Gasteiger partial charge in [-0.2, -0.15) is 0 Å². The van der Waals surface area contributed by atoms with Gasteiger partial charge >= 0.3 is 0 Å². The molecule has 0 amide bonds. The zero-order valence-electron chi connectivity index (χ0n) is 11.9. The van der Waals surface area contributed by atoms with Crippen LogP contribution >= 0.6 is 0 Å². The lowest BCUT2D eigenvalue weighted by molar-refractivity contribution is 0.0786. The van der Waals surface area contributed by atoms with E-state index in [1.165, 1.54) is 11.1 Å². The normalized spacial score (nSPS) is 17.1. The van der Waals surface area contributed by atoms with Crippen LogP contribution in [0.3, 0.4) is 0 Å². The molecular weight excluding hydrogens is 238 g/mol. The largest absolute Gasteiger partial charge is 0.493 e. The Bertz CT molecular complexity index is 417. The quantitative estimate of drug-likeness (QED) is 0.827. The third-order valence-electron chi connectivity index (χ3n) is 4.11. The van der Waals surface area contributed by atoms with Gasteiger partial charge in [-0.25, -0.2) is 0 Å². The molecule has 106 valence electrons. The van der Waals surface area contributed by atoms with E-state index in [9.17, 15) is 5.11 Å². The molecule has 1 heterocycles. The van der Waals surface area contributed by atoms with Crippen LogP contribution in [0.5, 0.6) is 5.75 Å². The smallest absolute Gasteiger partial charge is 0.122 e. The van der Waals surface area contributed by atoms with Crippen molar-refractivity contribution in [1.29, 1.82) is 0 Å². The Hall–Kier alpha value is -1.06. The Balaban J connectivity index is 1.91. The van der Waals surface area contributed by atoms with Gasteiger partial charge in [-0.3, -0.25) is 0 Å². The summed E-state index contributed by atoms with van der Waals surface area (Å²) in [7, 11) is 0. The second kappa shape index (κ2) is 6.40. The number of aryl methyl sites for hydroxylation is 1.